The summed E-state index contributed by atoms with van der Waals surface area (Å²) in [5, 5.41) is 11.4. The van der Waals surface area contributed by atoms with Crippen molar-refractivity contribution in [3.63, 3.8) is 0 Å². The van der Waals surface area contributed by atoms with E-state index in [0.717, 1.165) is 35.3 Å². The van der Waals surface area contributed by atoms with Gasteiger partial charge < -0.3 is 9.47 Å². The van der Waals surface area contributed by atoms with Crippen LogP contribution >= 0.6 is 23.5 Å². The van der Waals surface area contributed by atoms with Crippen molar-refractivity contribution in [2.75, 3.05) is 32.3 Å². The molecule has 6 nitrogen and oxygen atoms in total. The van der Waals surface area contributed by atoms with Crippen molar-refractivity contribution in [2.24, 2.45) is 4.99 Å². The molecule has 0 aliphatic carbocycles. The Labute approximate surface area is 223 Å². The van der Waals surface area contributed by atoms with Crippen LogP contribution in [-0.2, 0) is 0 Å². The number of rotatable bonds is 8. The first-order valence-corrected chi connectivity index (χ1v) is 14.0. The summed E-state index contributed by atoms with van der Waals surface area (Å²) in [6.45, 7) is 6.96. The lowest BCUT2D eigenvalue weighted by Gasteiger charge is -2.08. The number of carbonyl (C=O) groups is 2. The molecule has 2 aromatic rings. The van der Waals surface area contributed by atoms with Crippen LogP contribution in [0.3, 0.4) is 0 Å². The minimum Gasteiger partial charge on any atom is -0.493 e. The number of methoxy groups -OCH3 is 2. The molecule has 0 fully saturated rings. The predicted octanol–water partition coefficient (Wildman–Crippen LogP) is 7.01. The molecule has 0 aromatic heterocycles. The van der Waals surface area contributed by atoms with Gasteiger partial charge in [-0.3, -0.25) is 14.6 Å². The van der Waals surface area contributed by atoms with Crippen molar-refractivity contribution in [1.82, 2.24) is 0 Å². The number of aryl methyl sites for hydroxylation is 1. The molecule has 0 spiro atoms. The molecule has 1 aliphatic heterocycles. The van der Waals surface area contributed by atoms with Gasteiger partial charge in [0.25, 0.3) is 0 Å². The molecule has 0 atom stereocenters. The second-order valence-electron chi connectivity index (χ2n) is 7.54. The molecule has 0 N–H and O–H groups in total. The first-order valence-electron chi connectivity index (χ1n) is 12.0. The lowest BCUT2D eigenvalue weighted by atomic mass is 10.1. The molecule has 0 unspecified atom stereocenters. The molecule has 0 amide bonds. The van der Waals surface area contributed by atoms with E-state index in [0.29, 0.717) is 22.8 Å². The Bertz CT molecular complexity index is 1030. The number of carbonyl (C=O) groups excluding carboxylic acids is 2. The van der Waals surface area contributed by atoms with Gasteiger partial charge in [-0.25, -0.2) is 0 Å². The Morgan fingerprint density at radius 3 is 2.19 bits per heavy atom. The Morgan fingerprint density at radius 1 is 0.917 bits per heavy atom. The standard InChI is InChI=1S/C15H19NOS.C11H11NO3S.C2H6/c1-12-6-8-13(9-7-12)14(17)11-18-15-5-3-2-4-10-16-15;1-14-10-4-3-8(5-11(10)15-2)9(13)6-16-7-12;1-2/h6-9H,2-5,10-11H2,1H3;3-5H,6H2,1-2H3;1-2H3. The summed E-state index contributed by atoms with van der Waals surface area (Å²) in [6.07, 6.45) is 4.71. The van der Waals surface area contributed by atoms with Crippen LogP contribution < -0.4 is 9.47 Å². The van der Waals surface area contributed by atoms with Crippen LogP contribution in [0, 0.1) is 17.6 Å². The minimum atomic E-state index is -0.104. The minimum absolute atomic E-state index is 0.104. The smallest absolute Gasteiger partial charge is 0.173 e. The Hall–Kier alpha value is -2.76. The van der Waals surface area contributed by atoms with Crippen molar-refractivity contribution in [1.29, 1.82) is 5.26 Å². The van der Waals surface area contributed by atoms with Crippen molar-refractivity contribution in [2.45, 2.75) is 46.5 Å². The van der Waals surface area contributed by atoms with Crippen molar-refractivity contribution >= 4 is 40.1 Å². The summed E-state index contributed by atoms with van der Waals surface area (Å²) >= 11 is 2.54. The lowest BCUT2D eigenvalue weighted by molar-refractivity contribution is 0.101. The Kier molecular flexibility index (Phi) is 16.1. The highest BCUT2D eigenvalue weighted by atomic mass is 32.2. The molecule has 36 heavy (non-hydrogen) atoms. The van der Waals surface area contributed by atoms with Gasteiger partial charge in [0.15, 0.2) is 23.1 Å². The summed E-state index contributed by atoms with van der Waals surface area (Å²) < 4.78 is 10.1. The average molecular weight is 529 g/mol. The van der Waals surface area contributed by atoms with E-state index in [1.807, 2.05) is 50.4 Å². The number of hydrogen-bond donors (Lipinski definition) is 0. The van der Waals surface area contributed by atoms with Crippen LogP contribution in [-0.4, -0.2) is 48.9 Å². The maximum Gasteiger partial charge on any atom is 0.173 e. The highest BCUT2D eigenvalue weighted by Crippen LogP contribution is 2.28. The average Bonchev–Trinajstić information content (AvgIpc) is 3.20. The number of benzene rings is 2. The maximum atomic E-state index is 12.0. The molecule has 194 valence electrons. The van der Waals surface area contributed by atoms with E-state index in [4.69, 9.17) is 14.7 Å². The molecule has 8 heteroatoms. The largest absolute Gasteiger partial charge is 0.493 e. The van der Waals surface area contributed by atoms with E-state index >= 15 is 0 Å². The fourth-order valence-corrected chi connectivity index (χ4v) is 4.43. The third-order valence-electron chi connectivity index (χ3n) is 5.05. The zero-order chi connectivity index (χ0) is 26.8. The van der Waals surface area contributed by atoms with E-state index in [1.54, 1.807) is 30.0 Å². The van der Waals surface area contributed by atoms with Crippen molar-refractivity contribution in [3.8, 4) is 16.9 Å². The van der Waals surface area contributed by atoms with Crippen LogP contribution in [0.4, 0.5) is 0 Å². The lowest BCUT2D eigenvalue weighted by Crippen LogP contribution is -2.05. The second kappa shape index (κ2) is 18.5. The SMILES string of the molecule is CC.COc1ccc(C(=O)CSC#N)cc1OC.Cc1ccc(C(=O)CSC2=NCCCCC2)cc1. The van der Waals surface area contributed by atoms with Crippen LogP contribution in [0.2, 0.25) is 0 Å². The zero-order valence-electron chi connectivity index (χ0n) is 21.8. The Balaban J connectivity index is 0.000000339. The fourth-order valence-electron chi connectivity index (χ4n) is 3.13. The number of Topliss-reactive ketones (excluding diaryl/α,β-unsaturated/α-hetero) is 2. The first-order chi connectivity index (χ1) is 17.5. The topological polar surface area (TPSA) is 88.8 Å². The van der Waals surface area contributed by atoms with Gasteiger partial charge in [-0.15, -0.1) is 11.8 Å². The van der Waals surface area contributed by atoms with Gasteiger partial charge in [0.2, 0.25) is 0 Å². The highest BCUT2D eigenvalue weighted by Gasteiger charge is 2.11. The summed E-state index contributed by atoms with van der Waals surface area (Å²) in [5.41, 5.74) is 2.51. The number of thioether (sulfide) groups is 2. The number of nitriles is 1. The first kappa shape index (κ1) is 31.3. The summed E-state index contributed by atoms with van der Waals surface area (Å²) in [5.74, 6) is 1.84. The number of ketones is 2. The quantitative estimate of drug-likeness (QED) is 0.269. The molecule has 1 aliphatic rings. The zero-order valence-corrected chi connectivity index (χ0v) is 23.5. The summed E-state index contributed by atoms with van der Waals surface area (Å²) in [4.78, 5) is 28.1. The molecule has 0 saturated heterocycles. The van der Waals surface area contributed by atoms with Crippen LogP contribution in [0.5, 0.6) is 11.5 Å². The number of thiocyanates is 1. The molecular formula is C28H36N2O4S2. The van der Waals surface area contributed by atoms with Crippen molar-refractivity contribution < 1.29 is 19.1 Å². The van der Waals surface area contributed by atoms with Gasteiger partial charge in [-0.1, -0.05) is 50.1 Å². The van der Waals surface area contributed by atoms with Gasteiger partial charge in [0.1, 0.15) is 5.40 Å². The predicted molar refractivity (Wildman–Crippen MR) is 152 cm³/mol. The van der Waals surface area contributed by atoms with E-state index in [-0.39, 0.29) is 17.3 Å². The van der Waals surface area contributed by atoms with Crippen LogP contribution in [0.15, 0.2) is 47.5 Å². The van der Waals surface area contributed by atoms with Gasteiger partial charge in [-0.2, -0.15) is 5.26 Å². The summed E-state index contributed by atoms with van der Waals surface area (Å²) in [6, 6.07) is 12.7. The number of ether oxygens (including phenoxy) is 2. The molecule has 0 bridgehead atoms. The van der Waals surface area contributed by atoms with E-state index in [2.05, 4.69) is 4.99 Å². The number of aliphatic imine (C=N–C) groups is 1. The molecular weight excluding hydrogens is 492 g/mol. The normalized spacial score (nSPS) is 12.3. The van der Waals surface area contributed by atoms with Crippen LogP contribution in [0.1, 0.15) is 65.8 Å². The molecule has 0 radical (unpaired) electrons. The molecule has 0 saturated carbocycles. The van der Waals surface area contributed by atoms with Crippen molar-refractivity contribution in [3.05, 3.63) is 59.2 Å². The van der Waals surface area contributed by atoms with E-state index in [9.17, 15) is 9.59 Å². The van der Waals surface area contributed by atoms with Gasteiger partial charge in [0.05, 0.1) is 30.8 Å². The molecule has 2 aromatic carbocycles. The Morgan fingerprint density at radius 2 is 1.56 bits per heavy atom. The fraction of sp³-hybridized carbons (Fsp3) is 0.429. The van der Waals surface area contributed by atoms with Crippen LogP contribution in [0.25, 0.3) is 0 Å². The van der Waals surface area contributed by atoms with E-state index in [1.165, 1.54) is 39.0 Å². The van der Waals surface area contributed by atoms with Gasteiger partial charge >= 0.3 is 0 Å². The third kappa shape index (κ3) is 11.3. The molecule has 3 rings (SSSR count). The highest BCUT2D eigenvalue weighted by molar-refractivity contribution is 8.14. The monoisotopic (exact) mass is 528 g/mol. The van der Waals surface area contributed by atoms with Gasteiger partial charge in [-0.05, 0) is 56.1 Å². The number of hydrogen-bond acceptors (Lipinski definition) is 8. The molecule has 1 heterocycles. The van der Waals surface area contributed by atoms with Gasteiger partial charge in [0, 0.05) is 17.7 Å². The van der Waals surface area contributed by atoms with E-state index < -0.39 is 0 Å². The second-order valence-corrected chi connectivity index (χ2v) is 9.35. The number of nitrogens with zero attached hydrogens (tertiary/aromatic N) is 2. The summed E-state index contributed by atoms with van der Waals surface area (Å²) in [7, 11) is 3.04. The maximum absolute atomic E-state index is 12.0. The third-order valence-corrected chi connectivity index (χ3v) is 6.66.